The number of ether oxygens (including phenoxy) is 1. The molecule has 0 spiro atoms. The molecule has 0 aliphatic carbocycles. The predicted octanol–water partition coefficient (Wildman–Crippen LogP) is 2.44. The molecule has 0 aromatic heterocycles. The van der Waals surface area contributed by atoms with E-state index in [0.29, 0.717) is 5.57 Å². The Kier molecular flexibility index (Phi) is 4.92. The molecule has 0 fully saturated rings. The van der Waals surface area contributed by atoms with E-state index >= 15 is 0 Å². The number of rotatable bonds is 4. The standard InChI is InChI=1S/C13H12N2OS/c1-16-12-7-5-10(6-8-12)3-2-4-11(9-14)13(15)17/h2-8H,1H3,(H2,15,17). The highest BCUT2D eigenvalue weighted by molar-refractivity contribution is 7.80. The minimum atomic E-state index is 0.104. The number of allylic oxidation sites excluding steroid dienone is 2. The van der Waals surface area contributed by atoms with Gasteiger partial charge in [0.05, 0.1) is 12.7 Å². The Morgan fingerprint density at radius 3 is 2.53 bits per heavy atom. The van der Waals surface area contributed by atoms with E-state index in [2.05, 4.69) is 0 Å². The lowest BCUT2D eigenvalue weighted by molar-refractivity contribution is 0.415. The van der Waals surface area contributed by atoms with E-state index in [-0.39, 0.29) is 4.99 Å². The Balaban J connectivity index is 2.77. The lowest BCUT2D eigenvalue weighted by Crippen LogP contribution is -2.09. The Morgan fingerprint density at radius 2 is 2.06 bits per heavy atom. The van der Waals surface area contributed by atoms with Crippen molar-refractivity contribution in [2.45, 2.75) is 0 Å². The maximum Gasteiger partial charge on any atom is 0.118 e. The van der Waals surface area contributed by atoms with Gasteiger partial charge < -0.3 is 10.5 Å². The van der Waals surface area contributed by atoms with Crippen LogP contribution in [-0.4, -0.2) is 12.1 Å². The molecule has 0 aliphatic rings. The van der Waals surface area contributed by atoms with Crippen LogP contribution in [0.1, 0.15) is 5.56 Å². The average Bonchev–Trinajstić information content (AvgIpc) is 2.35. The number of hydrogen-bond acceptors (Lipinski definition) is 3. The van der Waals surface area contributed by atoms with E-state index in [9.17, 15) is 0 Å². The average molecular weight is 244 g/mol. The van der Waals surface area contributed by atoms with Gasteiger partial charge in [0, 0.05) is 0 Å². The first-order valence-electron chi connectivity index (χ1n) is 4.89. The van der Waals surface area contributed by atoms with Crippen LogP contribution < -0.4 is 10.5 Å². The second-order valence-electron chi connectivity index (χ2n) is 3.19. The maximum absolute atomic E-state index is 8.73. The van der Waals surface area contributed by atoms with Gasteiger partial charge in [-0.2, -0.15) is 5.26 Å². The van der Waals surface area contributed by atoms with Crippen molar-refractivity contribution in [1.29, 1.82) is 5.26 Å². The molecule has 0 saturated heterocycles. The fraction of sp³-hybridized carbons (Fsp3) is 0.0769. The molecule has 1 rings (SSSR count). The Labute approximate surface area is 106 Å². The first kappa shape index (κ1) is 12.9. The minimum absolute atomic E-state index is 0.104. The highest BCUT2D eigenvalue weighted by Gasteiger charge is 1.95. The fourth-order valence-corrected chi connectivity index (χ4v) is 1.26. The van der Waals surface area contributed by atoms with Crippen molar-refractivity contribution >= 4 is 23.3 Å². The largest absolute Gasteiger partial charge is 0.497 e. The molecular weight excluding hydrogens is 232 g/mol. The van der Waals surface area contributed by atoms with Crippen LogP contribution in [0.15, 0.2) is 42.0 Å². The van der Waals surface area contributed by atoms with Crippen molar-refractivity contribution in [3.63, 3.8) is 0 Å². The number of benzene rings is 1. The van der Waals surface area contributed by atoms with Gasteiger partial charge in [-0.05, 0) is 23.8 Å². The van der Waals surface area contributed by atoms with Crippen LogP contribution in [0.25, 0.3) is 6.08 Å². The third-order valence-corrected chi connectivity index (χ3v) is 2.27. The summed E-state index contributed by atoms with van der Waals surface area (Å²) in [6.45, 7) is 0. The van der Waals surface area contributed by atoms with Crippen molar-refractivity contribution in [3.05, 3.63) is 47.6 Å². The van der Waals surface area contributed by atoms with E-state index in [4.69, 9.17) is 28.0 Å². The molecule has 1 aromatic rings. The molecule has 0 unspecified atom stereocenters. The Morgan fingerprint density at radius 1 is 1.41 bits per heavy atom. The number of nitrogens with two attached hydrogens (primary N) is 1. The van der Waals surface area contributed by atoms with Crippen LogP contribution >= 0.6 is 12.2 Å². The van der Waals surface area contributed by atoms with Gasteiger partial charge in [0.25, 0.3) is 0 Å². The summed E-state index contributed by atoms with van der Waals surface area (Å²) >= 11 is 4.72. The van der Waals surface area contributed by atoms with Crippen molar-refractivity contribution in [2.75, 3.05) is 7.11 Å². The third-order valence-electron chi connectivity index (χ3n) is 2.05. The van der Waals surface area contributed by atoms with Crippen LogP contribution in [0.4, 0.5) is 0 Å². The molecule has 86 valence electrons. The second kappa shape index (κ2) is 6.46. The molecule has 0 radical (unpaired) electrons. The molecule has 0 atom stereocenters. The van der Waals surface area contributed by atoms with Crippen LogP contribution in [0, 0.1) is 11.3 Å². The Hall–Kier alpha value is -2.12. The third kappa shape index (κ3) is 4.09. The van der Waals surface area contributed by atoms with Gasteiger partial charge in [-0.15, -0.1) is 0 Å². The summed E-state index contributed by atoms with van der Waals surface area (Å²) in [6, 6.07) is 9.48. The molecule has 2 N–H and O–H groups in total. The van der Waals surface area contributed by atoms with E-state index in [1.165, 1.54) is 0 Å². The normalized spacial score (nSPS) is 11.2. The van der Waals surface area contributed by atoms with Crippen molar-refractivity contribution in [1.82, 2.24) is 0 Å². The summed E-state index contributed by atoms with van der Waals surface area (Å²) in [4.78, 5) is 0.104. The first-order chi connectivity index (χ1) is 8.17. The highest BCUT2D eigenvalue weighted by Crippen LogP contribution is 2.12. The van der Waals surface area contributed by atoms with Crippen LogP contribution in [0.5, 0.6) is 5.75 Å². The van der Waals surface area contributed by atoms with Crippen molar-refractivity contribution in [2.24, 2.45) is 5.73 Å². The quantitative estimate of drug-likeness (QED) is 0.382. The van der Waals surface area contributed by atoms with Gasteiger partial charge in [0.2, 0.25) is 0 Å². The number of thiocarbonyl (C=S) groups is 1. The van der Waals surface area contributed by atoms with Crippen molar-refractivity contribution in [3.8, 4) is 11.8 Å². The zero-order valence-corrected chi connectivity index (χ0v) is 10.2. The summed E-state index contributed by atoms with van der Waals surface area (Å²) in [6.07, 6.45) is 5.18. The maximum atomic E-state index is 8.73. The van der Waals surface area contributed by atoms with Crippen LogP contribution in [0.3, 0.4) is 0 Å². The molecule has 4 heteroatoms. The topological polar surface area (TPSA) is 59.0 Å². The summed E-state index contributed by atoms with van der Waals surface area (Å²) in [5.41, 5.74) is 6.65. The molecule has 0 amide bonds. The molecule has 0 aliphatic heterocycles. The monoisotopic (exact) mass is 244 g/mol. The zero-order valence-electron chi connectivity index (χ0n) is 9.38. The minimum Gasteiger partial charge on any atom is -0.497 e. The summed E-state index contributed by atoms with van der Waals surface area (Å²) in [7, 11) is 1.62. The second-order valence-corrected chi connectivity index (χ2v) is 3.63. The summed E-state index contributed by atoms with van der Waals surface area (Å²) in [5.74, 6) is 0.804. The van der Waals surface area contributed by atoms with Gasteiger partial charge in [0.1, 0.15) is 16.8 Å². The van der Waals surface area contributed by atoms with Crippen LogP contribution in [0.2, 0.25) is 0 Å². The van der Waals surface area contributed by atoms with E-state index in [1.807, 2.05) is 36.4 Å². The zero-order chi connectivity index (χ0) is 12.7. The van der Waals surface area contributed by atoms with Gasteiger partial charge in [0.15, 0.2) is 0 Å². The highest BCUT2D eigenvalue weighted by atomic mass is 32.1. The molecular formula is C13H12N2OS. The smallest absolute Gasteiger partial charge is 0.118 e. The van der Waals surface area contributed by atoms with E-state index < -0.39 is 0 Å². The number of hydrogen-bond donors (Lipinski definition) is 1. The molecule has 0 saturated carbocycles. The number of nitriles is 1. The fourth-order valence-electron chi connectivity index (χ4n) is 1.14. The van der Waals surface area contributed by atoms with Crippen LogP contribution in [-0.2, 0) is 0 Å². The lowest BCUT2D eigenvalue weighted by atomic mass is 10.2. The lowest BCUT2D eigenvalue weighted by Gasteiger charge is -1.98. The van der Waals surface area contributed by atoms with Gasteiger partial charge >= 0.3 is 0 Å². The summed E-state index contributed by atoms with van der Waals surface area (Å²) in [5, 5.41) is 8.73. The van der Waals surface area contributed by atoms with Gasteiger partial charge in [-0.25, -0.2) is 0 Å². The molecule has 3 nitrogen and oxygen atoms in total. The molecule has 0 heterocycles. The molecule has 1 aromatic carbocycles. The van der Waals surface area contributed by atoms with E-state index in [1.54, 1.807) is 19.3 Å². The molecule has 0 bridgehead atoms. The van der Waals surface area contributed by atoms with E-state index in [0.717, 1.165) is 11.3 Å². The SMILES string of the molecule is COc1ccc(C=CC=C(C#N)C(N)=S)cc1. The predicted molar refractivity (Wildman–Crippen MR) is 72.5 cm³/mol. The van der Waals surface area contributed by atoms with Gasteiger partial charge in [-0.1, -0.05) is 36.5 Å². The molecule has 17 heavy (non-hydrogen) atoms. The first-order valence-corrected chi connectivity index (χ1v) is 5.30. The number of methoxy groups -OCH3 is 1. The number of nitrogens with zero attached hydrogens (tertiary/aromatic N) is 1. The Bertz CT molecular complexity index is 495. The van der Waals surface area contributed by atoms with Gasteiger partial charge in [-0.3, -0.25) is 0 Å². The van der Waals surface area contributed by atoms with Crippen molar-refractivity contribution < 1.29 is 4.74 Å². The summed E-state index contributed by atoms with van der Waals surface area (Å²) < 4.78 is 5.05.